The molecular weight excluding hydrogens is 266 g/mol. The number of ether oxygens (including phenoxy) is 2. The van der Waals surface area contributed by atoms with Crippen LogP contribution < -0.4 is 14.8 Å². The van der Waals surface area contributed by atoms with Gasteiger partial charge in [0.05, 0.1) is 20.8 Å². The molecule has 4 heteroatoms. The van der Waals surface area contributed by atoms with Crippen molar-refractivity contribution < 1.29 is 14.3 Å². The number of carbonyl (C=O) groups is 1. The van der Waals surface area contributed by atoms with Crippen LogP contribution in [0.3, 0.4) is 0 Å². The van der Waals surface area contributed by atoms with Crippen LogP contribution >= 0.6 is 0 Å². The highest BCUT2D eigenvalue weighted by Crippen LogP contribution is 2.27. The number of carbonyl (C=O) groups excluding carboxylic acids is 1. The first-order chi connectivity index (χ1) is 10.2. The highest BCUT2D eigenvalue weighted by atomic mass is 16.5. The fourth-order valence-electron chi connectivity index (χ4n) is 2.03. The third-order valence-electron chi connectivity index (χ3n) is 3.16. The fraction of sp³-hybridized carbons (Fsp3) is 0.235. The standard InChI is InChI=1S/C17H19NO3/c1-20-16-9-8-14(10-17(16)21-2)15(19)12-18-11-13-6-4-3-5-7-13/h3-10,18H,11-12H2,1-2H3. The normalized spacial score (nSPS) is 10.2. The molecule has 21 heavy (non-hydrogen) atoms. The lowest BCUT2D eigenvalue weighted by molar-refractivity contribution is 0.0990. The van der Waals surface area contributed by atoms with Gasteiger partial charge in [-0.25, -0.2) is 0 Å². The van der Waals surface area contributed by atoms with Crippen molar-refractivity contribution in [1.29, 1.82) is 0 Å². The molecular formula is C17H19NO3. The first kappa shape index (κ1) is 15.1. The molecule has 2 rings (SSSR count). The summed E-state index contributed by atoms with van der Waals surface area (Å²) < 4.78 is 10.4. The van der Waals surface area contributed by atoms with Gasteiger partial charge in [-0.15, -0.1) is 0 Å². The average Bonchev–Trinajstić information content (AvgIpc) is 2.55. The third kappa shape index (κ3) is 4.07. The Bertz CT molecular complexity index is 596. The van der Waals surface area contributed by atoms with Crippen molar-refractivity contribution in [3.8, 4) is 11.5 Å². The van der Waals surface area contributed by atoms with Crippen molar-refractivity contribution in [3.05, 3.63) is 59.7 Å². The van der Waals surface area contributed by atoms with Gasteiger partial charge in [0.2, 0.25) is 0 Å². The van der Waals surface area contributed by atoms with Gasteiger partial charge in [0, 0.05) is 12.1 Å². The summed E-state index contributed by atoms with van der Waals surface area (Å²) in [4.78, 5) is 12.1. The zero-order valence-electron chi connectivity index (χ0n) is 12.3. The van der Waals surface area contributed by atoms with E-state index in [9.17, 15) is 4.79 Å². The van der Waals surface area contributed by atoms with Gasteiger partial charge in [-0.1, -0.05) is 30.3 Å². The number of benzene rings is 2. The second-order valence-electron chi connectivity index (χ2n) is 4.58. The van der Waals surface area contributed by atoms with E-state index in [0.717, 1.165) is 5.56 Å². The lowest BCUT2D eigenvalue weighted by Gasteiger charge is -2.09. The van der Waals surface area contributed by atoms with Crippen LogP contribution in [0.25, 0.3) is 0 Å². The number of nitrogens with one attached hydrogen (secondary N) is 1. The van der Waals surface area contributed by atoms with Gasteiger partial charge < -0.3 is 14.8 Å². The number of hydrogen-bond donors (Lipinski definition) is 1. The maximum atomic E-state index is 12.1. The molecule has 0 saturated heterocycles. The molecule has 2 aromatic rings. The first-order valence-corrected chi connectivity index (χ1v) is 6.74. The van der Waals surface area contributed by atoms with Gasteiger partial charge in [0.1, 0.15) is 0 Å². The summed E-state index contributed by atoms with van der Waals surface area (Å²) in [5, 5.41) is 3.14. The summed E-state index contributed by atoms with van der Waals surface area (Å²) >= 11 is 0. The lowest BCUT2D eigenvalue weighted by Crippen LogP contribution is -2.22. The van der Waals surface area contributed by atoms with E-state index in [1.54, 1.807) is 32.4 Å². The molecule has 0 aromatic heterocycles. The lowest BCUT2D eigenvalue weighted by atomic mass is 10.1. The number of ketones is 1. The molecule has 0 fully saturated rings. The largest absolute Gasteiger partial charge is 0.493 e. The van der Waals surface area contributed by atoms with E-state index in [1.165, 1.54) is 0 Å². The van der Waals surface area contributed by atoms with Crippen molar-refractivity contribution >= 4 is 5.78 Å². The van der Waals surface area contributed by atoms with E-state index in [1.807, 2.05) is 30.3 Å². The minimum Gasteiger partial charge on any atom is -0.493 e. The maximum Gasteiger partial charge on any atom is 0.176 e. The van der Waals surface area contributed by atoms with Crippen molar-refractivity contribution in [2.24, 2.45) is 0 Å². The molecule has 110 valence electrons. The van der Waals surface area contributed by atoms with Crippen LogP contribution in [0.15, 0.2) is 48.5 Å². The van der Waals surface area contributed by atoms with Gasteiger partial charge in [0.15, 0.2) is 17.3 Å². The van der Waals surface area contributed by atoms with E-state index < -0.39 is 0 Å². The second-order valence-corrected chi connectivity index (χ2v) is 4.58. The number of Topliss-reactive ketones (excluding diaryl/α,β-unsaturated/α-hetero) is 1. The molecule has 0 spiro atoms. The molecule has 0 bridgehead atoms. The van der Waals surface area contributed by atoms with Crippen LogP contribution in [-0.2, 0) is 6.54 Å². The van der Waals surface area contributed by atoms with E-state index in [-0.39, 0.29) is 12.3 Å². The van der Waals surface area contributed by atoms with Gasteiger partial charge in [-0.05, 0) is 23.8 Å². The van der Waals surface area contributed by atoms with E-state index in [2.05, 4.69) is 5.32 Å². The van der Waals surface area contributed by atoms with Crippen LogP contribution in [0.2, 0.25) is 0 Å². The summed E-state index contributed by atoms with van der Waals surface area (Å²) in [6.45, 7) is 0.949. The molecule has 0 atom stereocenters. The van der Waals surface area contributed by atoms with Gasteiger partial charge >= 0.3 is 0 Å². The molecule has 0 heterocycles. The molecule has 0 unspecified atom stereocenters. The summed E-state index contributed by atoms with van der Waals surface area (Å²) in [7, 11) is 3.13. The second kappa shape index (κ2) is 7.45. The molecule has 0 aliphatic heterocycles. The smallest absolute Gasteiger partial charge is 0.176 e. The molecule has 0 radical (unpaired) electrons. The first-order valence-electron chi connectivity index (χ1n) is 6.74. The molecule has 1 N–H and O–H groups in total. The average molecular weight is 285 g/mol. The molecule has 0 aliphatic rings. The summed E-state index contributed by atoms with van der Waals surface area (Å²) in [5.41, 5.74) is 1.76. The number of methoxy groups -OCH3 is 2. The molecule has 0 aliphatic carbocycles. The highest BCUT2D eigenvalue weighted by Gasteiger charge is 2.10. The predicted octanol–water partition coefficient (Wildman–Crippen LogP) is 2.68. The Kier molecular flexibility index (Phi) is 5.35. The monoisotopic (exact) mass is 285 g/mol. The quantitative estimate of drug-likeness (QED) is 0.795. The topological polar surface area (TPSA) is 47.6 Å². The SMILES string of the molecule is COc1ccc(C(=O)CNCc2ccccc2)cc1OC. The van der Waals surface area contributed by atoms with Gasteiger partial charge in [-0.2, -0.15) is 0 Å². The Morgan fingerprint density at radius 1 is 1.00 bits per heavy atom. The van der Waals surface area contributed by atoms with Crippen LogP contribution in [0, 0.1) is 0 Å². The van der Waals surface area contributed by atoms with Gasteiger partial charge in [-0.3, -0.25) is 4.79 Å². The van der Waals surface area contributed by atoms with E-state index >= 15 is 0 Å². The van der Waals surface area contributed by atoms with Crippen molar-refractivity contribution in [1.82, 2.24) is 5.32 Å². The third-order valence-corrected chi connectivity index (χ3v) is 3.16. The fourth-order valence-corrected chi connectivity index (χ4v) is 2.03. The minimum atomic E-state index is 0.0203. The maximum absolute atomic E-state index is 12.1. The highest BCUT2D eigenvalue weighted by molar-refractivity contribution is 5.98. The summed E-state index contributed by atoms with van der Waals surface area (Å²) in [6, 6.07) is 15.2. The Morgan fingerprint density at radius 2 is 1.71 bits per heavy atom. The zero-order valence-corrected chi connectivity index (χ0v) is 12.3. The number of rotatable bonds is 7. The van der Waals surface area contributed by atoms with Crippen molar-refractivity contribution in [2.45, 2.75) is 6.54 Å². The Hall–Kier alpha value is -2.33. The molecule has 0 saturated carbocycles. The van der Waals surface area contributed by atoms with Crippen LogP contribution in [0.5, 0.6) is 11.5 Å². The van der Waals surface area contributed by atoms with Crippen LogP contribution in [-0.4, -0.2) is 26.5 Å². The van der Waals surface area contributed by atoms with Gasteiger partial charge in [0.25, 0.3) is 0 Å². The Balaban J connectivity index is 1.94. The number of hydrogen-bond acceptors (Lipinski definition) is 4. The zero-order chi connectivity index (χ0) is 15.1. The molecule has 4 nitrogen and oxygen atoms in total. The van der Waals surface area contributed by atoms with Crippen LogP contribution in [0.4, 0.5) is 0 Å². The van der Waals surface area contributed by atoms with Crippen LogP contribution in [0.1, 0.15) is 15.9 Å². The van der Waals surface area contributed by atoms with E-state index in [4.69, 9.17) is 9.47 Å². The van der Waals surface area contributed by atoms with Crippen molar-refractivity contribution in [2.75, 3.05) is 20.8 Å². The Morgan fingerprint density at radius 3 is 2.38 bits per heavy atom. The van der Waals surface area contributed by atoms with Crippen molar-refractivity contribution in [3.63, 3.8) is 0 Å². The summed E-state index contributed by atoms with van der Waals surface area (Å²) in [5.74, 6) is 1.20. The molecule has 0 amide bonds. The predicted molar refractivity (Wildman–Crippen MR) is 82.0 cm³/mol. The minimum absolute atomic E-state index is 0.0203. The summed E-state index contributed by atoms with van der Waals surface area (Å²) in [6.07, 6.45) is 0. The Labute approximate surface area is 124 Å². The van der Waals surface area contributed by atoms with E-state index in [0.29, 0.717) is 23.6 Å². The molecule has 2 aromatic carbocycles.